The Kier molecular flexibility index (Phi) is 3.98. The summed E-state index contributed by atoms with van der Waals surface area (Å²) in [6.45, 7) is 4.48. The van der Waals surface area contributed by atoms with Gasteiger partial charge in [0.1, 0.15) is 11.5 Å². The summed E-state index contributed by atoms with van der Waals surface area (Å²) in [5.74, 6) is -0.617. The highest BCUT2D eigenvalue weighted by atomic mass is 19.1. The van der Waals surface area contributed by atoms with Crippen molar-refractivity contribution in [2.45, 2.75) is 20.4 Å². The van der Waals surface area contributed by atoms with Crippen LogP contribution >= 0.6 is 0 Å². The molecule has 0 aliphatic carbocycles. The molecule has 4 nitrogen and oxygen atoms in total. The van der Waals surface area contributed by atoms with Crippen LogP contribution in [0.4, 0.5) is 15.8 Å². The average Bonchev–Trinajstić information content (AvgIpc) is 2.41. The van der Waals surface area contributed by atoms with E-state index in [1.165, 1.54) is 12.1 Å². The normalized spacial score (nSPS) is 10.3. The molecule has 2 rings (SSSR count). The Morgan fingerprint density at radius 3 is 2.70 bits per heavy atom. The van der Waals surface area contributed by atoms with Crippen molar-refractivity contribution in [1.82, 2.24) is 0 Å². The fraction of sp³-hybridized carbons (Fsp3) is 0.200. The summed E-state index contributed by atoms with van der Waals surface area (Å²) in [4.78, 5) is 10.3. The van der Waals surface area contributed by atoms with E-state index in [-0.39, 0.29) is 5.69 Å². The van der Waals surface area contributed by atoms with E-state index >= 15 is 0 Å². The van der Waals surface area contributed by atoms with Crippen molar-refractivity contribution in [3.05, 3.63) is 69.0 Å². The van der Waals surface area contributed by atoms with E-state index in [9.17, 15) is 14.5 Å². The minimum absolute atomic E-state index is 0.254. The lowest BCUT2D eigenvalue weighted by Crippen LogP contribution is -2.04. The van der Waals surface area contributed by atoms with Gasteiger partial charge in [-0.1, -0.05) is 18.2 Å². The number of anilines is 1. The first-order chi connectivity index (χ1) is 9.49. The summed E-state index contributed by atoms with van der Waals surface area (Å²) >= 11 is 0. The van der Waals surface area contributed by atoms with Crippen LogP contribution in [0.15, 0.2) is 36.4 Å². The molecule has 0 saturated heterocycles. The van der Waals surface area contributed by atoms with Gasteiger partial charge in [0.15, 0.2) is 0 Å². The van der Waals surface area contributed by atoms with Gasteiger partial charge in [-0.15, -0.1) is 0 Å². The first kappa shape index (κ1) is 14.0. The molecule has 0 aromatic heterocycles. The summed E-state index contributed by atoms with van der Waals surface area (Å²) in [5, 5.41) is 13.9. The number of hydrogen-bond acceptors (Lipinski definition) is 3. The summed E-state index contributed by atoms with van der Waals surface area (Å²) in [6, 6.07) is 9.44. The van der Waals surface area contributed by atoms with Crippen LogP contribution in [0.1, 0.15) is 16.7 Å². The molecule has 20 heavy (non-hydrogen) atoms. The molecule has 0 unspecified atom stereocenters. The summed E-state index contributed by atoms with van der Waals surface area (Å²) < 4.78 is 13.1. The van der Waals surface area contributed by atoms with Gasteiger partial charge in [0.25, 0.3) is 5.69 Å². The number of aryl methyl sites for hydroxylation is 1. The Balaban J connectivity index is 2.23. The highest BCUT2D eigenvalue weighted by molar-refractivity contribution is 5.61. The van der Waals surface area contributed by atoms with Crippen LogP contribution in [-0.2, 0) is 6.54 Å². The second-order valence-electron chi connectivity index (χ2n) is 4.63. The van der Waals surface area contributed by atoms with Crippen LogP contribution in [-0.4, -0.2) is 4.92 Å². The zero-order valence-corrected chi connectivity index (χ0v) is 11.3. The molecule has 0 aliphatic rings. The second kappa shape index (κ2) is 5.69. The predicted octanol–water partition coefficient (Wildman–Crippen LogP) is 3.96. The predicted molar refractivity (Wildman–Crippen MR) is 76.3 cm³/mol. The third-order valence-electron chi connectivity index (χ3n) is 3.34. The highest BCUT2D eigenvalue weighted by Gasteiger charge is 2.14. The monoisotopic (exact) mass is 274 g/mol. The van der Waals surface area contributed by atoms with Crippen LogP contribution in [0.5, 0.6) is 0 Å². The molecule has 0 bridgehead atoms. The molecule has 0 saturated carbocycles. The molecule has 0 atom stereocenters. The van der Waals surface area contributed by atoms with E-state index in [0.29, 0.717) is 12.2 Å². The highest BCUT2D eigenvalue weighted by Crippen LogP contribution is 2.26. The van der Waals surface area contributed by atoms with Gasteiger partial charge in [0.05, 0.1) is 11.0 Å². The fourth-order valence-corrected chi connectivity index (χ4v) is 2.00. The minimum atomic E-state index is -0.617. The average molecular weight is 274 g/mol. The fourth-order valence-electron chi connectivity index (χ4n) is 2.00. The van der Waals surface area contributed by atoms with Crippen molar-refractivity contribution >= 4 is 11.4 Å². The Hall–Kier alpha value is -2.43. The zero-order chi connectivity index (χ0) is 14.7. The van der Waals surface area contributed by atoms with Gasteiger partial charge in [0.2, 0.25) is 0 Å². The lowest BCUT2D eigenvalue weighted by Gasteiger charge is -2.11. The number of nitro groups is 1. The van der Waals surface area contributed by atoms with Crippen molar-refractivity contribution in [1.29, 1.82) is 0 Å². The molecule has 1 N–H and O–H groups in total. The smallest absolute Gasteiger partial charge is 0.295 e. The molecule has 0 aliphatic heterocycles. The third kappa shape index (κ3) is 2.93. The van der Waals surface area contributed by atoms with E-state index in [2.05, 4.69) is 5.32 Å². The number of halogens is 1. The van der Waals surface area contributed by atoms with Gasteiger partial charge in [-0.3, -0.25) is 10.1 Å². The van der Waals surface area contributed by atoms with Crippen LogP contribution in [0.2, 0.25) is 0 Å². The van der Waals surface area contributed by atoms with Crippen molar-refractivity contribution in [3.8, 4) is 0 Å². The zero-order valence-electron chi connectivity index (χ0n) is 11.3. The van der Waals surface area contributed by atoms with Crippen molar-refractivity contribution in [3.63, 3.8) is 0 Å². The first-order valence-electron chi connectivity index (χ1n) is 6.22. The molecule has 0 amide bonds. The van der Waals surface area contributed by atoms with E-state index in [1.54, 1.807) is 0 Å². The number of nitro benzene ring substituents is 1. The number of nitrogens with zero attached hydrogens (tertiary/aromatic N) is 1. The quantitative estimate of drug-likeness (QED) is 0.678. The van der Waals surface area contributed by atoms with Crippen LogP contribution < -0.4 is 5.32 Å². The topological polar surface area (TPSA) is 55.2 Å². The maximum absolute atomic E-state index is 13.1. The summed E-state index contributed by atoms with van der Waals surface area (Å²) in [7, 11) is 0. The standard InChI is InChI=1S/C15H15FN2O2/c1-10-4-3-5-12(11(10)2)9-17-14-7-6-13(16)8-15(14)18(19)20/h3-8,17H,9H2,1-2H3. The first-order valence-corrected chi connectivity index (χ1v) is 6.22. The molecule has 2 aromatic rings. The number of hydrogen-bond donors (Lipinski definition) is 1. The Bertz CT molecular complexity index is 656. The molecule has 0 spiro atoms. The van der Waals surface area contributed by atoms with Gasteiger partial charge in [0, 0.05) is 6.54 Å². The molecule has 5 heteroatoms. The molecular formula is C15H15FN2O2. The Labute approximate surface area is 116 Å². The van der Waals surface area contributed by atoms with Crippen LogP contribution in [0.25, 0.3) is 0 Å². The Morgan fingerprint density at radius 1 is 1.25 bits per heavy atom. The number of benzene rings is 2. The molecule has 104 valence electrons. The maximum Gasteiger partial charge on any atom is 0.295 e. The van der Waals surface area contributed by atoms with Crippen molar-refractivity contribution < 1.29 is 9.31 Å². The second-order valence-corrected chi connectivity index (χ2v) is 4.63. The lowest BCUT2D eigenvalue weighted by molar-refractivity contribution is -0.384. The van der Waals surface area contributed by atoms with Crippen molar-refractivity contribution in [2.75, 3.05) is 5.32 Å². The largest absolute Gasteiger partial charge is 0.375 e. The van der Waals surface area contributed by atoms with E-state index in [4.69, 9.17) is 0 Å². The van der Waals surface area contributed by atoms with Gasteiger partial charge < -0.3 is 5.32 Å². The minimum Gasteiger partial charge on any atom is -0.375 e. The van der Waals surface area contributed by atoms with Gasteiger partial charge >= 0.3 is 0 Å². The molecule has 2 aromatic carbocycles. The molecule has 0 heterocycles. The van der Waals surface area contributed by atoms with Gasteiger partial charge in [-0.2, -0.15) is 0 Å². The van der Waals surface area contributed by atoms with E-state index in [1.807, 2.05) is 32.0 Å². The number of rotatable bonds is 4. The van der Waals surface area contributed by atoms with Crippen LogP contribution in [0, 0.1) is 29.8 Å². The third-order valence-corrected chi connectivity index (χ3v) is 3.34. The lowest BCUT2D eigenvalue weighted by atomic mass is 10.0. The van der Waals surface area contributed by atoms with E-state index in [0.717, 1.165) is 22.8 Å². The van der Waals surface area contributed by atoms with Crippen molar-refractivity contribution in [2.24, 2.45) is 0 Å². The van der Waals surface area contributed by atoms with Crippen LogP contribution in [0.3, 0.4) is 0 Å². The maximum atomic E-state index is 13.1. The van der Waals surface area contributed by atoms with Gasteiger partial charge in [-0.25, -0.2) is 4.39 Å². The summed E-state index contributed by atoms with van der Waals surface area (Å²) in [5.41, 5.74) is 3.43. The van der Waals surface area contributed by atoms with E-state index < -0.39 is 10.7 Å². The number of nitrogens with one attached hydrogen (secondary N) is 1. The molecular weight excluding hydrogens is 259 g/mol. The summed E-state index contributed by atoms with van der Waals surface area (Å²) in [6.07, 6.45) is 0. The molecule has 0 fully saturated rings. The van der Waals surface area contributed by atoms with Gasteiger partial charge in [-0.05, 0) is 42.7 Å². The Morgan fingerprint density at radius 2 is 2.00 bits per heavy atom. The molecule has 0 radical (unpaired) electrons. The SMILES string of the molecule is Cc1cccc(CNc2ccc(F)cc2[N+](=O)[O-])c1C.